The number of aryl methyl sites for hydroxylation is 1. The lowest BCUT2D eigenvalue weighted by atomic mass is 10.0. The highest BCUT2D eigenvalue weighted by atomic mass is 16.7. The summed E-state index contributed by atoms with van der Waals surface area (Å²) in [6, 6.07) is 22.0. The topological polar surface area (TPSA) is 63.3 Å². The Labute approximate surface area is 206 Å². The van der Waals surface area contributed by atoms with E-state index in [1.807, 2.05) is 55.5 Å². The maximum atomic E-state index is 12.9. The summed E-state index contributed by atoms with van der Waals surface area (Å²) in [6.07, 6.45) is 0. The first-order chi connectivity index (χ1) is 17.1. The fourth-order valence-electron chi connectivity index (χ4n) is 4.74. The van der Waals surface area contributed by atoms with E-state index in [0.717, 1.165) is 54.6 Å². The normalized spacial score (nSPS) is 16.1. The van der Waals surface area contributed by atoms with Crippen molar-refractivity contribution in [3.05, 3.63) is 83.4 Å². The first-order valence-corrected chi connectivity index (χ1v) is 12.0. The van der Waals surface area contributed by atoms with E-state index < -0.39 is 0 Å². The van der Waals surface area contributed by atoms with Gasteiger partial charge in [0.2, 0.25) is 6.79 Å². The van der Waals surface area contributed by atoms with Gasteiger partial charge in [0, 0.05) is 44.0 Å². The molecule has 1 amide bonds. The summed E-state index contributed by atoms with van der Waals surface area (Å²) >= 11 is 0. The number of hydrogen-bond acceptors (Lipinski definition) is 6. The van der Waals surface area contributed by atoms with Gasteiger partial charge in [0.25, 0.3) is 5.91 Å². The zero-order chi connectivity index (χ0) is 24.2. The van der Waals surface area contributed by atoms with Crippen molar-refractivity contribution in [2.24, 2.45) is 0 Å². The smallest absolute Gasteiger partial charge is 0.251 e. The molecule has 1 saturated heterocycles. The molecule has 182 valence electrons. The largest absolute Gasteiger partial charge is 0.497 e. The summed E-state index contributed by atoms with van der Waals surface area (Å²) in [6.45, 7) is 6.31. The minimum absolute atomic E-state index is 0.0243. The van der Waals surface area contributed by atoms with Crippen molar-refractivity contribution in [3.8, 4) is 17.2 Å². The highest BCUT2D eigenvalue weighted by molar-refractivity contribution is 5.94. The van der Waals surface area contributed by atoms with Gasteiger partial charge in [-0.05, 0) is 61.0 Å². The van der Waals surface area contributed by atoms with E-state index in [-0.39, 0.29) is 18.7 Å². The van der Waals surface area contributed by atoms with Gasteiger partial charge in [-0.1, -0.05) is 23.8 Å². The molecule has 3 aromatic carbocycles. The number of ether oxygens (including phenoxy) is 3. The molecule has 0 saturated carbocycles. The second-order valence-electron chi connectivity index (χ2n) is 8.93. The molecule has 0 bridgehead atoms. The number of nitrogens with one attached hydrogen (secondary N) is 1. The number of carbonyl (C=O) groups excluding carboxylic acids is 1. The number of fused-ring (bicyclic) bond motifs is 1. The van der Waals surface area contributed by atoms with Gasteiger partial charge < -0.3 is 24.4 Å². The van der Waals surface area contributed by atoms with E-state index in [4.69, 9.17) is 14.2 Å². The van der Waals surface area contributed by atoms with Crippen molar-refractivity contribution in [3.63, 3.8) is 0 Å². The van der Waals surface area contributed by atoms with Crippen LogP contribution in [-0.2, 0) is 0 Å². The van der Waals surface area contributed by atoms with Crippen LogP contribution in [0.3, 0.4) is 0 Å². The predicted octanol–water partition coefficient (Wildman–Crippen LogP) is 4.03. The first-order valence-electron chi connectivity index (χ1n) is 12.0. The highest BCUT2D eigenvalue weighted by Gasteiger charge is 2.27. The van der Waals surface area contributed by atoms with E-state index in [1.165, 1.54) is 5.69 Å². The molecule has 0 unspecified atom stereocenters. The van der Waals surface area contributed by atoms with Crippen LogP contribution in [0.2, 0.25) is 0 Å². The Balaban J connectivity index is 1.31. The molecule has 7 heteroatoms. The van der Waals surface area contributed by atoms with Crippen LogP contribution in [-0.4, -0.2) is 57.4 Å². The SMILES string of the molecule is COc1ccc(N2CCN([C@@H](CNC(=O)c3cccc(C)c3)c3ccc4c(c3)OCO4)CC2)cc1. The maximum absolute atomic E-state index is 12.9. The molecular weight excluding hydrogens is 442 g/mol. The first kappa shape index (κ1) is 23.1. The van der Waals surface area contributed by atoms with Crippen molar-refractivity contribution < 1.29 is 19.0 Å². The summed E-state index contributed by atoms with van der Waals surface area (Å²) in [5, 5.41) is 3.17. The number of rotatable bonds is 7. The minimum Gasteiger partial charge on any atom is -0.497 e. The average molecular weight is 474 g/mol. The summed E-state index contributed by atoms with van der Waals surface area (Å²) < 4.78 is 16.4. The van der Waals surface area contributed by atoms with Crippen LogP contribution in [0, 0.1) is 6.92 Å². The lowest BCUT2D eigenvalue weighted by Crippen LogP contribution is -2.50. The van der Waals surface area contributed by atoms with Gasteiger partial charge in [0.15, 0.2) is 11.5 Å². The Hall–Kier alpha value is -3.71. The van der Waals surface area contributed by atoms with E-state index in [9.17, 15) is 4.79 Å². The van der Waals surface area contributed by atoms with Crippen molar-refractivity contribution in [1.29, 1.82) is 0 Å². The highest BCUT2D eigenvalue weighted by Crippen LogP contribution is 2.36. The molecule has 2 heterocycles. The number of nitrogens with zero attached hydrogens (tertiary/aromatic N) is 2. The van der Waals surface area contributed by atoms with Gasteiger partial charge >= 0.3 is 0 Å². The Morgan fingerprint density at radius 3 is 2.49 bits per heavy atom. The van der Waals surface area contributed by atoms with Crippen LogP contribution in [0.1, 0.15) is 27.5 Å². The molecule has 2 aliphatic rings. The van der Waals surface area contributed by atoms with Gasteiger partial charge in [-0.3, -0.25) is 9.69 Å². The zero-order valence-electron chi connectivity index (χ0n) is 20.2. The number of methoxy groups -OCH3 is 1. The average Bonchev–Trinajstić information content (AvgIpc) is 3.37. The maximum Gasteiger partial charge on any atom is 0.251 e. The second-order valence-corrected chi connectivity index (χ2v) is 8.93. The second kappa shape index (κ2) is 10.3. The lowest BCUT2D eigenvalue weighted by molar-refractivity contribution is 0.0930. The number of anilines is 1. The molecular formula is C28H31N3O4. The lowest BCUT2D eigenvalue weighted by Gasteiger charge is -2.40. The Morgan fingerprint density at radius 1 is 0.971 bits per heavy atom. The van der Waals surface area contributed by atoms with Crippen molar-refractivity contribution in [2.45, 2.75) is 13.0 Å². The zero-order valence-corrected chi connectivity index (χ0v) is 20.2. The van der Waals surface area contributed by atoms with Gasteiger partial charge in [0.1, 0.15) is 5.75 Å². The number of hydrogen-bond donors (Lipinski definition) is 1. The Bertz CT molecular complexity index is 1170. The van der Waals surface area contributed by atoms with Crippen LogP contribution in [0.15, 0.2) is 66.7 Å². The molecule has 0 spiro atoms. The van der Waals surface area contributed by atoms with Gasteiger partial charge in [-0.2, -0.15) is 0 Å². The predicted molar refractivity (Wildman–Crippen MR) is 136 cm³/mol. The van der Waals surface area contributed by atoms with Crippen LogP contribution in [0.25, 0.3) is 0 Å². The summed E-state index contributed by atoms with van der Waals surface area (Å²) in [7, 11) is 1.68. The molecule has 0 aromatic heterocycles. The van der Waals surface area contributed by atoms with Crippen molar-refractivity contribution >= 4 is 11.6 Å². The van der Waals surface area contributed by atoms with Crippen LogP contribution >= 0.6 is 0 Å². The van der Waals surface area contributed by atoms with Crippen molar-refractivity contribution in [1.82, 2.24) is 10.2 Å². The van der Waals surface area contributed by atoms with Crippen LogP contribution in [0.4, 0.5) is 5.69 Å². The Kier molecular flexibility index (Phi) is 6.77. The van der Waals surface area contributed by atoms with Gasteiger partial charge in [0.05, 0.1) is 13.2 Å². The van der Waals surface area contributed by atoms with E-state index in [0.29, 0.717) is 12.1 Å². The molecule has 2 aliphatic heterocycles. The third-order valence-corrected chi connectivity index (χ3v) is 6.71. The molecule has 1 fully saturated rings. The summed E-state index contributed by atoms with van der Waals surface area (Å²) in [4.78, 5) is 17.7. The molecule has 0 radical (unpaired) electrons. The molecule has 1 N–H and O–H groups in total. The monoisotopic (exact) mass is 473 g/mol. The fourth-order valence-corrected chi connectivity index (χ4v) is 4.74. The molecule has 0 aliphatic carbocycles. The van der Waals surface area contributed by atoms with Crippen LogP contribution in [0.5, 0.6) is 17.2 Å². The molecule has 35 heavy (non-hydrogen) atoms. The summed E-state index contributed by atoms with van der Waals surface area (Å²) in [5.74, 6) is 2.32. The quantitative estimate of drug-likeness (QED) is 0.559. The molecule has 1 atom stereocenters. The van der Waals surface area contributed by atoms with Crippen LogP contribution < -0.4 is 24.4 Å². The third kappa shape index (κ3) is 5.20. The van der Waals surface area contributed by atoms with E-state index in [2.05, 4.69) is 33.3 Å². The van der Waals surface area contributed by atoms with E-state index >= 15 is 0 Å². The van der Waals surface area contributed by atoms with E-state index in [1.54, 1.807) is 7.11 Å². The number of piperazine rings is 1. The standard InChI is InChI=1S/C28H31N3O4/c1-20-4-3-5-22(16-20)28(32)29-18-25(21-6-11-26-27(17-21)35-19-34-26)31-14-12-30(13-15-31)23-7-9-24(33-2)10-8-23/h3-11,16-17,25H,12-15,18-19H2,1-2H3,(H,29,32)/t25-/m0/s1. The Morgan fingerprint density at radius 2 is 1.74 bits per heavy atom. The minimum atomic E-state index is -0.0590. The summed E-state index contributed by atoms with van der Waals surface area (Å²) in [5.41, 5.74) is 4.05. The molecule has 5 rings (SSSR count). The third-order valence-electron chi connectivity index (χ3n) is 6.71. The number of carbonyl (C=O) groups is 1. The van der Waals surface area contributed by atoms with Gasteiger partial charge in [-0.25, -0.2) is 0 Å². The number of benzene rings is 3. The van der Waals surface area contributed by atoms with Crippen molar-refractivity contribution in [2.75, 3.05) is 51.5 Å². The molecule has 7 nitrogen and oxygen atoms in total. The number of amides is 1. The molecule has 3 aromatic rings. The fraction of sp³-hybridized carbons (Fsp3) is 0.321. The van der Waals surface area contributed by atoms with Gasteiger partial charge in [-0.15, -0.1) is 0 Å².